The highest BCUT2D eigenvalue weighted by Crippen LogP contribution is 2.22. The van der Waals surface area contributed by atoms with Crippen molar-refractivity contribution in [2.24, 2.45) is 9.98 Å². The van der Waals surface area contributed by atoms with Crippen LogP contribution in [0.15, 0.2) is 70.9 Å². The number of hydrogen-bond donors (Lipinski definition) is 2. The summed E-state index contributed by atoms with van der Waals surface area (Å²) in [5.41, 5.74) is 2.31. The lowest BCUT2D eigenvalue weighted by atomic mass is 10.1. The molecule has 4 aromatic rings. The molecule has 2 heterocycles. The molecule has 0 atom stereocenters. The third-order valence-corrected chi connectivity index (χ3v) is 5.28. The van der Waals surface area contributed by atoms with E-state index < -0.39 is 0 Å². The molecule has 0 aliphatic carbocycles. The Morgan fingerprint density at radius 1 is 0.824 bits per heavy atom. The van der Waals surface area contributed by atoms with Gasteiger partial charge in [0, 0.05) is 36.5 Å². The molecule has 2 N–H and O–H groups in total. The third kappa shape index (κ3) is 5.32. The highest BCUT2D eigenvalue weighted by atomic mass is 16.3. The quantitative estimate of drug-likeness (QED) is 0.401. The molecule has 0 unspecified atom stereocenters. The van der Waals surface area contributed by atoms with Crippen molar-refractivity contribution in [1.29, 1.82) is 0 Å². The zero-order chi connectivity index (χ0) is 24.1. The fraction of sp³-hybridized carbons (Fsp3) is 0.200. The van der Waals surface area contributed by atoms with Crippen molar-refractivity contribution in [3.8, 4) is 11.5 Å². The summed E-state index contributed by atoms with van der Waals surface area (Å²) in [6, 6.07) is 13.9. The average molecular weight is 456 g/mol. The lowest BCUT2D eigenvalue weighted by Gasteiger charge is -2.08. The number of aromatic hydroxyl groups is 2. The van der Waals surface area contributed by atoms with Crippen LogP contribution in [0.25, 0.3) is 0 Å². The molecule has 4 rings (SSSR count). The monoisotopic (exact) mass is 455 g/mol. The van der Waals surface area contributed by atoms with Gasteiger partial charge in [0.2, 0.25) is 0 Å². The van der Waals surface area contributed by atoms with Gasteiger partial charge >= 0.3 is 0 Å². The van der Waals surface area contributed by atoms with E-state index in [2.05, 4.69) is 29.9 Å². The zero-order valence-electron chi connectivity index (χ0n) is 19.2. The van der Waals surface area contributed by atoms with Crippen molar-refractivity contribution in [3.63, 3.8) is 0 Å². The van der Waals surface area contributed by atoms with Crippen molar-refractivity contribution in [2.45, 2.75) is 33.7 Å². The number of hydrogen-bond acceptors (Lipinski definition) is 8. The van der Waals surface area contributed by atoms with Crippen molar-refractivity contribution in [2.75, 3.05) is 0 Å². The second-order valence-electron chi connectivity index (χ2n) is 7.70. The van der Waals surface area contributed by atoms with Gasteiger partial charge in [0.05, 0.1) is 11.4 Å². The molecular weight excluding hydrogens is 430 g/mol. The fourth-order valence-electron chi connectivity index (χ4n) is 3.45. The second-order valence-corrected chi connectivity index (χ2v) is 7.70. The van der Waals surface area contributed by atoms with Crippen LogP contribution in [-0.2, 0) is 13.0 Å². The Morgan fingerprint density at radius 2 is 1.35 bits per heavy atom. The van der Waals surface area contributed by atoms with E-state index in [4.69, 9.17) is 0 Å². The summed E-state index contributed by atoms with van der Waals surface area (Å²) >= 11 is 0. The summed E-state index contributed by atoms with van der Waals surface area (Å²) in [6.45, 7) is 6.14. The highest BCUT2D eigenvalue weighted by molar-refractivity contribution is 6.02. The minimum Gasteiger partial charge on any atom is -0.507 e. The van der Waals surface area contributed by atoms with E-state index in [-0.39, 0.29) is 23.4 Å². The average Bonchev–Trinajstić information content (AvgIpc) is 3.22. The Labute approximate surface area is 197 Å². The van der Waals surface area contributed by atoms with E-state index in [9.17, 15) is 10.2 Å². The lowest BCUT2D eigenvalue weighted by molar-refractivity contribution is 0.473. The maximum atomic E-state index is 10.2. The van der Waals surface area contributed by atoms with Crippen LogP contribution in [0.5, 0.6) is 11.5 Å². The number of rotatable bonds is 7. The van der Waals surface area contributed by atoms with E-state index in [1.807, 2.05) is 29.8 Å². The number of aromatic nitrogens is 5. The Kier molecular flexibility index (Phi) is 6.72. The van der Waals surface area contributed by atoms with Crippen LogP contribution in [-0.4, -0.2) is 46.1 Å². The maximum Gasteiger partial charge on any atom is 0.254 e. The van der Waals surface area contributed by atoms with Gasteiger partial charge < -0.3 is 14.8 Å². The SMILES string of the molecule is C/C(=N\c1nc(CCn2ccnc2C)nc(/N=C(\C)c2ccccc2O)n1)c1ccccc1O. The predicted molar refractivity (Wildman–Crippen MR) is 130 cm³/mol. The summed E-state index contributed by atoms with van der Waals surface area (Å²) in [5.74, 6) is 2.06. The standard InChI is InChI=1S/C25H25N7O2/c1-16(19-8-4-6-10-21(19)33)27-24-29-23(12-14-32-15-13-26-18(32)3)30-25(31-24)28-17(2)20-9-5-7-11-22(20)34/h4-11,13,15,33-34H,12,14H2,1-3H3/b27-16+,28-17+. The maximum absolute atomic E-state index is 10.2. The molecule has 0 bridgehead atoms. The molecule has 0 radical (unpaired) electrons. The topological polar surface area (TPSA) is 122 Å². The Morgan fingerprint density at radius 3 is 1.82 bits per heavy atom. The molecule has 0 saturated heterocycles. The van der Waals surface area contributed by atoms with Gasteiger partial charge in [-0.25, -0.2) is 15.0 Å². The molecule has 0 spiro atoms. The van der Waals surface area contributed by atoms with Gasteiger partial charge in [0.25, 0.3) is 11.9 Å². The first-order chi connectivity index (χ1) is 16.4. The molecule has 9 nitrogen and oxygen atoms in total. The number of imidazole rings is 1. The van der Waals surface area contributed by atoms with E-state index in [1.165, 1.54) is 0 Å². The summed E-state index contributed by atoms with van der Waals surface area (Å²) in [5, 5.41) is 20.3. The third-order valence-electron chi connectivity index (χ3n) is 5.28. The largest absolute Gasteiger partial charge is 0.507 e. The molecule has 172 valence electrons. The number of phenols is 2. The van der Waals surface area contributed by atoms with Crippen molar-refractivity contribution in [3.05, 3.63) is 83.7 Å². The Hall–Kier alpha value is -4.40. The van der Waals surface area contributed by atoms with E-state index in [1.54, 1.807) is 56.4 Å². The van der Waals surface area contributed by atoms with Crippen LogP contribution < -0.4 is 0 Å². The molecule has 2 aromatic carbocycles. The van der Waals surface area contributed by atoms with Gasteiger partial charge in [0.15, 0.2) is 0 Å². The van der Waals surface area contributed by atoms with Crippen LogP contribution in [0, 0.1) is 6.92 Å². The van der Waals surface area contributed by atoms with Crippen molar-refractivity contribution >= 4 is 23.3 Å². The summed E-state index contributed by atoms with van der Waals surface area (Å²) < 4.78 is 2.01. The lowest BCUT2D eigenvalue weighted by Crippen LogP contribution is -2.07. The van der Waals surface area contributed by atoms with E-state index in [0.29, 0.717) is 41.3 Å². The smallest absolute Gasteiger partial charge is 0.254 e. The first-order valence-corrected chi connectivity index (χ1v) is 10.8. The first-order valence-electron chi connectivity index (χ1n) is 10.8. The predicted octanol–water partition coefficient (Wildman–Crippen LogP) is 4.31. The molecule has 0 aliphatic rings. The summed E-state index contributed by atoms with van der Waals surface area (Å²) in [6.07, 6.45) is 4.18. The number of nitrogens with zero attached hydrogens (tertiary/aromatic N) is 7. The van der Waals surface area contributed by atoms with E-state index in [0.717, 1.165) is 5.82 Å². The second kappa shape index (κ2) is 10.0. The Balaban J connectivity index is 1.72. The van der Waals surface area contributed by atoms with Gasteiger partial charge in [-0.1, -0.05) is 24.3 Å². The van der Waals surface area contributed by atoms with Crippen LogP contribution in [0.3, 0.4) is 0 Å². The normalized spacial score (nSPS) is 12.2. The Bertz CT molecular complexity index is 1300. The van der Waals surface area contributed by atoms with Crippen LogP contribution >= 0.6 is 0 Å². The minimum atomic E-state index is 0.127. The summed E-state index contributed by atoms with van der Waals surface area (Å²) in [7, 11) is 0. The number of aliphatic imine (C=N–C) groups is 2. The van der Waals surface area contributed by atoms with Crippen LogP contribution in [0.1, 0.15) is 36.6 Å². The fourth-order valence-corrected chi connectivity index (χ4v) is 3.45. The van der Waals surface area contributed by atoms with Crippen molar-refractivity contribution in [1.82, 2.24) is 24.5 Å². The number of phenolic OH excluding ortho intramolecular Hbond substituents is 2. The molecule has 0 fully saturated rings. The molecule has 34 heavy (non-hydrogen) atoms. The number of aryl methyl sites for hydroxylation is 3. The molecular formula is C25H25N7O2. The van der Waals surface area contributed by atoms with Crippen LogP contribution in [0.2, 0.25) is 0 Å². The minimum absolute atomic E-state index is 0.127. The van der Waals surface area contributed by atoms with Crippen LogP contribution in [0.4, 0.5) is 11.9 Å². The molecule has 9 heteroatoms. The number of para-hydroxylation sites is 2. The van der Waals surface area contributed by atoms with Gasteiger partial charge in [-0.15, -0.1) is 0 Å². The summed E-state index contributed by atoms with van der Waals surface area (Å²) in [4.78, 5) is 26.7. The molecule has 0 amide bonds. The van der Waals surface area contributed by atoms with Crippen molar-refractivity contribution < 1.29 is 10.2 Å². The molecule has 0 saturated carbocycles. The first kappa shape index (κ1) is 22.8. The van der Waals surface area contributed by atoms with Gasteiger partial charge in [-0.3, -0.25) is 0 Å². The number of benzene rings is 2. The van der Waals surface area contributed by atoms with Gasteiger partial charge in [-0.2, -0.15) is 15.0 Å². The zero-order valence-corrected chi connectivity index (χ0v) is 19.2. The highest BCUT2D eigenvalue weighted by Gasteiger charge is 2.11. The molecule has 0 aliphatic heterocycles. The van der Waals surface area contributed by atoms with Gasteiger partial charge in [0.1, 0.15) is 23.1 Å². The molecule has 2 aromatic heterocycles. The van der Waals surface area contributed by atoms with Gasteiger partial charge in [-0.05, 0) is 45.0 Å². The van der Waals surface area contributed by atoms with E-state index >= 15 is 0 Å².